The average Bonchev–Trinajstić information content (AvgIpc) is 2.34. The molecule has 6 N–H and O–H groups in total. The Morgan fingerprint density at radius 1 is 1.29 bits per heavy atom. The van der Waals surface area contributed by atoms with Gasteiger partial charge in [0.1, 0.15) is 0 Å². The fourth-order valence-electron chi connectivity index (χ4n) is 1.43. The Morgan fingerprint density at radius 2 is 2.00 bits per heavy atom. The minimum Gasteiger partial charge on any atom is -0.294 e. The molecule has 0 heterocycles. The number of rotatable bonds is 4. The van der Waals surface area contributed by atoms with Crippen LogP contribution in [0.2, 0.25) is 5.02 Å². The number of nitrogens with two attached hydrogens (primary N) is 2. The molecule has 0 saturated carbocycles. The second kappa shape index (κ2) is 6.19. The minimum absolute atomic E-state index is 0.0973. The summed E-state index contributed by atoms with van der Waals surface area (Å²) in [6.07, 6.45) is -0.0973. The lowest BCUT2D eigenvalue weighted by Gasteiger charge is -2.14. The summed E-state index contributed by atoms with van der Waals surface area (Å²) < 4.78 is 0. The third kappa shape index (κ3) is 3.70. The van der Waals surface area contributed by atoms with Crippen molar-refractivity contribution in [2.45, 2.75) is 12.3 Å². The van der Waals surface area contributed by atoms with Crippen molar-refractivity contribution in [2.24, 2.45) is 11.7 Å². The first kappa shape index (κ1) is 13.4. The third-order valence-corrected chi connectivity index (χ3v) is 2.50. The van der Waals surface area contributed by atoms with Crippen LogP contribution in [0.3, 0.4) is 0 Å². The molecule has 1 rings (SSSR count). The fraction of sp³-hybridized carbons (Fsp3) is 0.200. The molecule has 6 nitrogen and oxygen atoms in total. The molecule has 1 atom stereocenters. The molecule has 0 saturated heterocycles. The number of benzene rings is 1. The van der Waals surface area contributed by atoms with E-state index in [9.17, 15) is 9.59 Å². The van der Waals surface area contributed by atoms with Crippen molar-refractivity contribution in [3.05, 3.63) is 34.9 Å². The van der Waals surface area contributed by atoms with Crippen LogP contribution in [-0.4, -0.2) is 11.8 Å². The van der Waals surface area contributed by atoms with Crippen LogP contribution in [0.1, 0.15) is 17.9 Å². The van der Waals surface area contributed by atoms with Gasteiger partial charge < -0.3 is 0 Å². The summed E-state index contributed by atoms with van der Waals surface area (Å²) in [6, 6.07) is 6.65. The lowest BCUT2D eigenvalue weighted by molar-refractivity contribution is -0.127. The summed E-state index contributed by atoms with van der Waals surface area (Å²) >= 11 is 5.82. The van der Waals surface area contributed by atoms with E-state index in [1.807, 2.05) is 10.9 Å². The molecule has 0 fully saturated rings. The number of carbonyl (C=O) groups excluding carboxylic acids is 2. The van der Waals surface area contributed by atoms with E-state index >= 15 is 0 Å². The highest BCUT2D eigenvalue weighted by molar-refractivity contribution is 6.30. The summed E-state index contributed by atoms with van der Waals surface area (Å²) in [5.74, 6) is 8.40. The molecule has 1 aromatic rings. The van der Waals surface area contributed by atoms with Crippen LogP contribution >= 0.6 is 11.6 Å². The van der Waals surface area contributed by atoms with Crippen LogP contribution in [0, 0.1) is 0 Å². The molecule has 92 valence electrons. The van der Waals surface area contributed by atoms with Gasteiger partial charge >= 0.3 is 0 Å². The van der Waals surface area contributed by atoms with Gasteiger partial charge in [0, 0.05) is 11.4 Å². The second-order valence-corrected chi connectivity index (χ2v) is 3.82. The fourth-order valence-corrected chi connectivity index (χ4v) is 1.63. The summed E-state index contributed by atoms with van der Waals surface area (Å²) in [5, 5.41) is 0.477. The minimum atomic E-state index is -0.720. The van der Waals surface area contributed by atoms with Gasteiger partial charge in [0.15, 0.2) is 0 Å². The number of hydrogen-bond donors (Lipinski definition) is 4. The number of halogens is 1. The van der Waals surface area contributed by atoms with E-state index in [0.29, 0.717) is 10.6 Å². The molecular weight excluding hydrogens is 244 g/mol. The zero-order chi connectivity index (χ0) is 12.8. The number of nitrogens with one attached hydrogen (secondary N) is 2. The van der Waals surface area contributed by atoms with Gasteiger partial charge in [-0.15, -0.1) is 0 Å². The van der Waals surface area contributed by atoms with Crippen LogP contribution in [0.5, 0.6) is 0 Å². The van der Waals surface area contributed by atoms with Gasteiger partial charge in [-0.25, -0.2) is 11.7 Å². The van der Waals surface area contributed by atoms with Crippen molar-refractivity contribution in [1.82, 2.24) is 10.9 Å². The highest BCUT2D eigenvalue weighted by atomic mass is 35.5. The quantitative estimate of drug-likeness (QED) is 0.339. The van der Waals surface area contributed by atoms with Crippen LogP contribution < -0.4 is 22.5 Å². The molecule has 1 unspecified atom stereocenters. The SMILES string of the molecule is NNC(=O)CC(C(=O)NN)c1cccc(Cl)c1. The van der Waals surface area contributed by atoms with Crippen LogP contribution in [0.25, 0.3) is 0 Å². The summed E-state index contributed by atoms with van der Waals surface area (Å²) in [5.41, 5.74) is 4.58. The van der Waals surface area contributed by atoms with Crippen LogP contribution in [0.15, 0.2) is 24.3 Å². The summed E-state index contributed by atoms with van der Waals surface area (Å²) in [4.78, 5) is 22.8. The molecule has 0 radical (unpaired) electrons. The highest BCUT2D eigenvalue weighted by Crippen LogP contribution is 2.22. The number of amides is 2. The Hall–Kier alpha value is -1.63. The van der Waals surface area contributed by atoms with E-state index in [4.69, 9.17) is 23.3 Å². The molecule has 0 aliphatic carbocycles. The van der Waals surface area contributed by atoms with Crippen molar-refractivity contribution >= 4 is 23.4 Å². The first-order chi connectivity index (χ1) is 8.08. The van der Waals surface area contributed by atoms with Crippen molar-refractivity contribution in [2.75, 3.05) is 0 Å². The first-order valence-electron chi connectivity index (χ1n) is 4.84. The van der Waals surface area contributed by atoms with Crippen molar-refractivity contribution in [3.8, 4) is 0 Å². The molecule has 0 bridgehead atoms. The molecule has 0 aromatic heterocycles. The molecule has 0 spiro atoms. The smallest absolute Gasteiger partial charge is 0.241 e. The Kier molecular flexibility index (Phi) is 4.89. The maximum atomic E-state index is 11.6. The third-order valence-electron chi connectivity index (χ3n) is 2.26. The lowest BCUT2D eigenvalue weighted by atomic mass is 9.95. The van der Waals surface area contributed by atoms with Crippen molar-refractivity contribution in [1.29, 1.82) is 0 Å². The highest BCUT2D eigenvalue weighted by Gasteiger charge is 2.23. The maximum Gasteiger partial charge on any atom is 0.241 e. The maximum absolute atomic E-state index is 11.6. The Morgan fingerprint density at radius 3 is 2.53 bits per heavy atom. The standard InChI is InChI=1S/C10H13ClN4O2/c11-7-3-1-2-6(4-7)8(10(17)15-13)5-9(16)14-12/h1-4,8H,5,12-13H2,(H,14,16)(H,15,17). The predicted octanol–water partition coefficient (Wildman–Crippen LogP) is -0.206. The van der Waals surface area contributed by atoms with E-state index in [1.54, 1.807) is 24.3 Å². The zero-order valence-electron chi connectivity index (χ0n) is 8.94. The largest absolute Gasteiger partial charge is 0.294 e. The van der Waals surface area contributed by atoms with Crippen molar-refractivity contribution < 1.29 is 9.59 Å². The van der Waals surface area contributed by atoms with E-state index in [2.05, 4.69) is 0 Å². The average molecular weight is 257 g/mol. The van der Waals surface area contributed by atoms with Gasteiger partial charge in [0.25, 0.3) is 0 Å². The Bertz CT molecular complexity index is 425. The topological polar surface area (TPSA) is 110 Å². The Balaban J connectivity index is 2.97. The van der Waals surface area contributed by atoms with Gasteiger partial charge in [0.2, 0.25) is 11.8 Å². The molecular formula is C10H13ClN4O2. The molecule has 17 heavy (non-hydrogen) atoms. The zero-order valence-corrected chi connectivity index (χ0v) is 9.70. The van der Waals surface area contributed by atoms with E-state index in [1.165, 1.54) is 0 Å². The van der Waals surface area contributed by atoms with Gasteiger partial charge in [-0.05, 0) is 17.7 Å². The second-order valence-electron chi connectivity index (χ2n) is 3.39. The number of hydrogen-bond acceptors (Lipinski definition) is 4. The lowest BCUT2D eigenvalue weighted by Crippen LogP contribution is -2.38. The van der Waals surface area contributed by atoms with Crippen LogP contribution in [-0.2, 0) is 9.59 Å². The van der Waals surface area contributed by atoms with Gasteiger partial charge in [-0.2, -0.15) is 0 Å². The number of hydrazine groups is 2. The predicted molar refractivity (Wildman–Crippen MR) is 63.5 cm³/mol. The summed E-state index contributed by atoms with van der Waals surface area (Å²) in [6.45, 7) is 0. The van der Waals surface area contributed by atoms with E-state index in [0.717, 1.165) is 0 Å². The normalized spacial score (nSPS) is 11.7. The summed E-state index contributed by atoms with van der Waals surface area (Å²) in [7, 11) is 0. The van der Waals surface area contributed by atoms with Crippen LogP contribution in [0.4, 0.5) is 0 Å². The van der Waals surface area contributed by atoms with Gasteiger partial charge in [0.05, 0.1) is 5.92 Å². The van der Waals surface area contributed by atoms with Gasteiger partial charge in [-0.1, -0.05) is 23.7 Å². The van der Waals surface area contributed by atoms with Gasteiger partial charge in [-0.3, -0.25) is 20.4 Å². The molecule has 1 aromatic carbocycles. The molecule has 0 aliphatic rings. The Labute approximate surface area is 103 Å². The monoisotopic (exact) mass is 256 g/mol. The molecule has 7 heteroatoms. The molecule has 0 aliphatic heterocycles. The molecule has 2 amide bonds. The first-order valence-corrected chi connectivity index (χ1v) is 5.21. The van der Waals surface area contributed by atoms with E-state index in [-0.39, 0.29) is 6.42 Å². The van der Waals surface area contributed by atoms with E-state index < -0.39 is 17.7 Å². The van der Waals surface area contributed by atoms with Crippen molar-refractivity contribution in [3.63, 3.8) is 0 Å². The number of carbonyl (C=O) groups is 2.